The van der Waals surface area contributed by atoms with Crippen molar-refractivity contribution in [3.05, 3.63) is 0 Å². The Balaban J connectivity index is 4.03. The monoisotopic (exact) mass is 752 g/mol. The number of Topliss-reactive ketones (excluding diaryl/α,β-unsaturated/α-hetero) is 2. The molecule has 1 N–H and O–H groups in total. The van der Waals surface area contributed by atoms with Crippen molar-refractivity contribution >= 4 is 20.8 Å². The molecule has 0 aliphatic rings. The number of hydrogen-bond donors (Lipinski definition) is 1. The van der Waals surface area contributed by atoms with Crippen molar-refractivity contribution in [1.82, 2.24) is 0 Å². The number of hydrogen-bond acceptors (Lipinski definition) is 3. The minimum atomic E-state index is -1.96. The molecule has 0 heterocycles. The van der Waals surface area contributed by atoms with Gasteiger partial charge in [-0.25, -0.2) is 0 Å². The number of ketones is 2. The summed E-state index contributed by atoms with van der Waals surface area (Å²) in [6, 6.07) is 0. The number of aliphatic hydroxyl groups is 1. The molecule has 0 aromatic heterocycles. The molecule has 0 spiro atoms. The molecule has 0 saturated heterocycles. The largest absolute Gasteiger partial charge is 0.488 e. The van der Waals surface area contributed by atoms with Crippen LogP contribution in [0.1, 0.15) is 258 Å². The average Bonchev–Trinajstić information content (AvgIpc) is 3.12. The number of carbonyl (C=O) groups excluding carboxylic acids is 2. The Bertz CT molecular complexity index is 742. The average molecular weight is 752 g/mol. The number of unbranched alkanes of at least 4 members (excludes halogenated alkanes) is 34. The van der Waals surface area contributed by atoms with E-state index in [9.17, 15) is 14.7 Å². The molecule has 52 heavy (non-hydrogen) atoms. The molecular weight excluding hydrogens is 657 g/mol. The van der Waals surface area contributed by atoms with Crippen LogP contribution >= 0.6 is 9.24 Å². The fourth-order valence-electron chi connectivity index (χ4n) is 7.78. The number of nitrogens with zero attached hydrogens (tertiary/aromatic N) is 1. The van der Waals surface area contributed by atoms with E-state index in [-0.39, 0.29) is 24.4 Å². The molecule has 0 aromatic carbocycles. The zero-order valence-corrected chi connectivity index (χ0v) is 37.2. The van der Waals surface area contributed by atoms with Crippen molar-refractivity contribution in [2.24, 2.45) is 0 Å². The van der Waals surface area contributed by atoms with Crippen LogP contribution in [-0.2, 0) is 9.59 Å². The van der Waals surface area contributed by atoms with E-state index in [1.807, 2.05) is 21.1 Å². The fourth-order valence-corrected chi connectivity index (χ4v) is 8.10. The van der Waals surface area contributed by atoms with Gasteiger partial charge in [0.1, 0.15) is 0 Å². The van der Waals surface area contributed by atoms with E-state index in [1.54, 1.807) is 0 Å². The summed E-state index contributed by atoms with van der Waals surface area (Å²) in [5.41, 5.74) is -1.96. The molecule has 0 rings (SSSR count). The topological polar surface area (TPSA) is 54.4 Å². The second-order valence-electron chi connectivity index (χ2n) is 17.7. The summed E-state index contributed by atoms with van der Waals surface area (Å²) >= 11 is 0. The van der Waals surface area contributed by atoms with Crippen molar-refractivity contribution in [1.29, 1.82) is 0 Å². The van der Waals surface area contributed by atoms with Gasteiger partial charge in [-0.15, -0.1) is 0 Å². The first-order valence-electron chi connectivity index (χ1n) is 23.4. The van der Waals surface area contributed by atoms with Crippen LogP contribution in [-0.4, -0.2) is 53.7 Å². The third-order valence-electron chi connectivity index (χ3n) is 11.5. The maximum Gasteiger partial charge on any atom is 0.204 e. The first-order chi connectivity index (χ1) is 25.1. The van der Waals surface area contributed by atoms with Gasteiger partial charge in [-0.3, -0.25) is 9.59 Å². The van der Waals surface area contributed by atoms with Crippen LogP contribution in [0.4, 0.5) is 0 Å². The molecule has 1 unspecified atom stereocenters. The second-order valence-corrected chi connectivity index (χ2v) is 18.2. The molecule has 4 nitrogen and oxygen atoms in total. The zero-order valence-electron chi connectivity index (χ0n) is 36.2. The van der Waals surface area contributed by atoms with E-state index in [2.05, 4.69) is 23.1 Å². The normalized spacial score (nSPS) is 12.8. The lowest BCUT2D eigenvalue weighted by atomic mass is 9.85. The van der Waals surface area contributed by atoms with Crippen LogP contribution in [0.15, 0.2) is 0 Å². The number of likely N-dealkylation sites (N-methyl/N-ethyl adjacent to an activating group) is 1. The highest BCUT2D eigenvalue weighted by Crippen LogP contribution is 2.31. The molecule has 0 fully saturated rings. The first-order valence-corrected chi connectivity index (χ1v) is 24.0. The van der Waals surface area contributed by atoms with Crippen molar-refractivity contribution in [2.75, 3.05) is 21.1 Å². The van der Waals surface area contributed by atoms with Crippen LogP contribution in [0.5, 0.6) is 0 Å². The highest BCUT2D eigenvalue weighted by molar-refractivity contribution is 7.17. The molecule has 0 aliphatic carbocycles. The van der Waals surface area contributed by atoms with Crippen molar-refractivity contribution in [3.63, 3.8) is 0 Å². The van der Waals surface area contributed by atoms with Gasteiger partial charge in [-0.05, 0) is 12.8 Å². The summed E-state index contributed by atoms with van der Waals surface area (Å²) in [6.07, 6.45) is 47.5. The quantitative estimate of drug-likeness (QED) is 0.0292. The van der Waals surface area contributed by atoms with E-state index in [0.29, 0.717) is 4.48 Å². The van der Waals surface area contributed by atoms with Crippen LogP contribution in [0.3, 0.4) is 0 Å². The van der Waals surface area contributed by atoms with Gasteiger partial charge < -0.3 is 18.8 Å². The number of quaternary nitrogens is 1. The summed E-state index contributed by atoms with van der Waals surface area (Å²) in [5, 5.41) is 11.7. The molecule has 0 aromatic rings. The van der Waals surface area contributed by atoms with E-state index in [0.717, 1.165) is 38.5 Å². The Morgan fingerprint density at radius 1 is 0.404 bits per heavy atom. The van der Waals surface area contributed by atoms with Crippen molar-refractivity contribution in [2.45, 2.75) is 269 Å². The summed E-state index contributed by atoms with van der Waals surface area (Å²) < 4.78 is 0.309. The van der Waals surface area contributed by atoms with Crippen LogP contribution in [0.25, 0.3) is 0 Å². The first kappa shape index (κ1) is 51.7. The van der Waals surface area contributed by atoms with Gasteiger partial charge in [0.2, 0.25) is 5.60 Å². The maximum absolute atomic E-state index is 13.4. The van der Waals surface area contributed by atoms with Crippen LogP contribution < -0.4 is 0 Å². The lowest BCUT2D eigenvalue weighted by molar-refractivity contribution is -0.885. The molecule has 0 radical (unpaired) electrons. The third-order valence-corrected chi connectivity index (χ3v) is 12.7. The molecule has 0 saturated carbocycles. The summed E-state index contributed by atoms with van der Waals surface area (Å²) in [7, 11) is 9.44. The van der Waals surface area contributed by atoms with Gasteiger partial charge in [-0.2, -0.15) is 0 Å². The second kappa shape index (κ2) is 36.3. The number of rotatable bonds is 42. The highest BCUT2D eigenvalue weighted by Gasteiger charge is 2.48. The smallest absolute Gasteiger partial charge is 0.204 e. The van der Waals surface area contributed by atoms with Crippen molar-refractivity contribution < 1.29 is 19.2 Å². The third kappa shape index (κ3) is 29.0. The van der Waals surface area contributed by atoms with Crippen molar-refractivity contribution in [3.8, 4) is 0 Å². The Morgan fingerprint density at radius 2 is 0.577 bits per heavy atom. The van der Waals surface area contributed by atoms with Gasteiger partial charge in [-0.1, -0.05) is 232 Å². The van der Waals surface area contributed by atoms with Crippen LogP contribution in [0, 0.1) is 0 Å². The Hall–Kier alpha value is -0.310. The fraction of sp³-hybridized carbons (Fsp3) is 0.957. The SMILES string of the molecule is CCCCCCCCCCCCCCCCCCCCC(=O)C(O)(C(=O)CCCCCCCCCCCCCCCCCCCC)C([PH-])[N+](C)(C)C. The molecule has 1 atom stereocenters. The Morgan fingerprint density at radius 3 is 0.750 bits per heavy atom. The summed E-state index contributed by atoms with van der Waals surface area (Å²) in [4.78, 5) is 26.9. The van der Waals surface area contributed by atoms with Gasteiger partial charge in [0.15, 0.2) is 11.6 Å². The molecule has 0 aliphatic heterocycles. The Labute approximate surface area is 329 Å². The molecular formula is C47H94NO3P. The molecule has 0 bridgehead atoms. The molecule has 0 amide bonds. The Kier molecular flexibility index (Phi) is 36.1. The predicted molar refractivity (Wildman–Crippen MR) is 232 cm³/mol. The van der Waals surface area contributed by atoms with Gasteiger partial charge in [0.25, 0.3) is 0 Å². The van der Waals surface area contributed by atoms with E-state index >= 15 is 0 Å². The lowest BCUT2D eigenvalue weighted by Crippen LogP contribution is -2.63. The summed E-state index contributed by atoms with van der Waals surface area (Å²) in [5.74, 6) is -1.26. The molecule has 5 heteroatoms. The van der Waals surface area contributed by atoms with Gasteiger partial charge in [0.05, 0.1) is 21.1 Å². The lowest BCUT2D eigenvalue weighted by Gasteiger charge is -2.46. The zero-order chi connectivity index (χ0) is 38.6. The summed E-state index contributed by atoms with van der Waals surface area (Å²) in [6.45, 7) is 4.57. The standard InChI is InChI=1S/C47H94NO3P/c1-6-8-10-12-14-16-18-20-22-24-26-28-30-32-34-36-38-40-42-44(49)47(51,46(52)48(3,4)5)45(50)43-41-39-37-35-33-31-29-27-25-23-21-19-17-15-13-11-9-7-2/h46,51-52H,6-43H2,1-5H3. The maximum atomic E-state index is 13.4. The van der Waals surface area contributed by atoms with E-state index in [4.69, 9.17) is 0 Å². The van der Waals surface area contributed by atoms with Gasteiger partial charge in [0, 0.05) is 18.6 Å². The van der Waals surface area contributed by atoms with Crippen LogP contribution in [0.2, 0.25) is 0 Å². The minimum Gasteiger partial charge on any atom is -0.488 e. The predicted octanol–water partition coefficient (Wildman–Crippen LogP) is 14.9. The number of carbonyl (C=O) groups is 2. The minimum absolute atomic E-state index is 0.279. The van der Waals surface area contributed by atoms with Gasteiger partial charge >= 0.3 is 0 Å². The molecule has 310 valence electrons. The van der Waals surface area contributed by atoms with E-state index < -0.39 is 11.4 Å². The highest BCUT2D eigenvalue weighted by atomic mass is 31.0. The van der Waals surface area contributed by atoms with E-state index in [1.165, 1.54) is 193 Å².